The van der Waals surface area contributed by atoms with Gasteiger partial charge in [-0.05, 0) is 0 Å². The number of fused-ring (bicyclic) bond motifs is 10. The Labute approximate surface area is 137 Å². The first-order chi connectivity index (χ1) is 12.1. The first kappa shape index (κ1) is 10.9. The fourth-order valence-electron chi connectivity index (χ4n) is 19.6. The normalized spacial score (nSPS) is 86.8. The standard InChI is InChI=1S/C17H13.C5H5.CH4O.Fe/c1-3-8-14(9-4-1)16-12-7-13-17(16)15-10-5-2-6-11-15;1-2-4-5-3-1;1-2;/h1-13H;1-5H;2H,1H3;. The van der Waals surface area contributed by atoms with Crippen molar-refractivity contribution in [1.29, 1.82) is 0 Å². The zero-order chi connectivity index (χ0) is 16.2. The van der Waals surface area contributed by atoms with Gasteiger partial charge in [-0.15, -0.1) is 0 Å². The number of aliphatic hydroxyl groups is 1. The SMILES string of the molecule is CO.c1ccc([C]23[CH]4[CH]5[CH]6[C]2(c2ccccc2)[Fe]54632789[CH]3[CH]2[CH]7[CH]8[CH]39)cc1. The molecule has 0 bridgehead atoms. The summed E-state index contributed by atoms with van der Waals surface area (Å²) in [5, 5.41) is 7.00. The molecule has 10 saturated heterocycles. The van der Waals surface area contributed by atoms with Gasteiger partial charge in [0.1, 0.15) is 0 Å². The molecule has 10 aliphatic heterocycles. The van der Waals surface area contributed by atoms with E-state index in [1.54, 1.807) is 0 Å². The molecule has 10 fully saturated rings. The summed E-state index contributed by atoms with van der Waals surface area (Å²) in [4.78, 5) is 10.8. The molecule has 0 aliphatic carbocycles. The molecule has 4 atom stereocenters. The Morgan fingerprint density at radius 2 is 0.960 bits per heavy atom. The van der Waals surface area contributed by atoms with E-state index in [-0.39, 0.29) is 0 Å². The minimum absolute atomic E-state index is 0.786. The summed E-state index contributed by atoms with van der Waals surface area (Å²) >= 11 is 0. The van der Waals surface area contributed by atoms with Crippen molar-refractivity contribution in [1.82, 2.24) is 0 Å². The maximum atomic E-state index is 7.00. The summed E-state index contributed by atoms with van der Waals surface area (Å²) in [7, 11) is 1.00. The van der Waals surface area contributed by atoms with Gasteiger partial charge >= 0.3 is 125 Å². The van der Waals surface area contributed by atoms with E-state index in [0.717, 1.165) is 15.7 Å². The molecule has 2 aromatic carbocycles. The van der Waals surface area contributed by atoms with Crippen molar-refractivity contribution < 1.29 is 11.6 Å². The summed E-state index contributed by atoms with van der Waals surface area (Å²) in [5.41, 5.74) is 3.68. The van der Waals surface area contributed by atoms with E-state index < -0.39 is 6.51 Å². The van der Waals surface area contributed by atoms with Gasteiger partial charge in [0, 0.05) is 7.11 Å². The first-order valence-electron chi connectivity index (χ1n) is 9.92. The van der Waals surface area contributed by atoms with Crippen molar-refractivity contribution in [3.05, 3.63) is 71.8 Å². The van der Waals surface area contributed by atoms with Crippen LogP contribution in [0, 0.1) is 0 Å². The molecule has 0 saturated carbocycles. The summed E-state index contributed by atoms with van der Waals surface area (Å²) in [6.07, 6.45) is 0. The Morgan fingerprint density at radius 3 is 1.24 bits per heavy atom. The maximum absolute atomic E-state index is 7.00. The number of rotatable bonds is 2. The molecule has 1 N–H and O–H groups in total. The second-order valence-electron chi connectivity index (χ2n) is 12.5. The average molecular weight is 370 g/mol. The summed E-state index contributed by atoms with van der Waals surface area (Å²) in [6.45, 7) is -3.34. The Morgan fingerprint density at radius 1 is 0.600 bits per heavy atom. The van der Waals surface area contributed by atoms with Crippen LogP contribution in [-0.2, 0) is 15.1 Å². The minimum atomic E-state index is -3.34. The Balaban J connectivity index is 0.000000497. The van der Waals surface area contributed by atoms with Crippen LogP contribution in [0.15, 0.2) is 60.7 Å². The van der Waals surface area contributed by atoms with Crippen molar-refractivity contribution in [3.8, 4) is 0 Å². The number of hydrogen-bond acceptors (Lipinski definition) is 1. The van der Waals surface area contributed by atoms with Gasteiger partial charge in [-0.25, -0.2) is 0 Å². The Hall–Kier alpha value is -1.08. The van der Waals surface area contributed by atoms with Crippen molar-refractivity contribution in [2.45, 2.75) is 47.2 Å². The van der Waals surface area contributed by atoms with Gasteiger partial charge in [-0.3, -0.25) is 0 Å². The van der Waals surface area contributed by atoms with Crippen LogP contribution in [-0.4, -0.2) is 12.2 Å². The van der Waals surface area contributed by atoms with Crippen molar-refractivity contribution in [2.24, 2.45) is 0 Å². The van der Waals surface area contributed by atoms with Gasteiger partial charge in [0.2, 0.25) is 0 Å². The molecule has 0 amide bonds. The van der Waals surface area contributed by atoms with E-state index in [9.17, 15) is 0 Å². The molecule has 0 radical (unpaired) electrons. The van der Waals surface area contributed by atoms with Crippen molar-refractivity contribution >= 4 is 0 Å². The van der Waals surface area contributed by atoms with Crippen LogP contribution < -0.4 is 0 Å². The van der Waals surface area contributed by atoms with Gasteiger partial charge in [-0.2, -0.15) is 0 Å². The monoisotopic (exact) mass is 370 g/mol. The molecule has 128 valence electrons. The van der Waals surface area contributed by atoms with Crippen LogP contribution in [0.4, 0.5) is 0 Å². The second-order valence-corrected chi connectivity index (χ2v) is 35.7. The van der Waals surface area contributed by atoms with E-state index in [4.69, 9.17) is 5.11 Å². The molecule has 2 heteroatoms. The molecule has 2 aromatic rings. The van der Waals surface area contributed by atoms with Crippen LogP contribution in [0.1, 0.15) is 11.1 Å². The van der Waals surface area contributed by atoms with E-state index >= 15 is 0 Å². The van der Waals surface area contributed by atoms with E-state index in [1.807, 2.05) is 11.1 Å². The van der Waals surface area contributed by atoms with E-state index in [0.29, 0.717) is 0 Å². The summed E-state index contributed by atoms with van der Waals surface area (Å²) in [6, 6.07) is 24.1. The van der Waals surface area contributed by atoms with Gasteiger partial charge < -0.3 is 5.11 Å². The van der Waals surface area contributed by atoms with E-state index in [1.165, 1.54) is 38.5 Å². The van der Waals surface area contributed by atoms with Crippen LogP contribution in [0.2, 0.25) is 38.5 Å². The van der Waals surface area contributed by atoms with Crippen molar-refractivity contribution in [3.63, 3.8) is 0 Å². The van der Waals surface area contributed by atoms with E-state index in [2.05, 4.69) is 60.7 Å². The fraction of sp³-hybridized carbons (Fsp3) is 0.478. The molecular formula is C23H22FeO. The molecule has 12 rings (SSSR count). The predicted octanol–water partition coefficient (Wildman–Crippen LogP) is 5.20. The molecule has 10 aliphatic rings. The van der Waals surface area contributed by atoms with Gasteiger partial charge in [-0.1, -0.05) is 0 Å². The number of hydrogen-bond donors (Lipinski definition) is 1. The van der Waals surface area contributed by atoms with Crippen molar-refractivity contribution in [2.75, 3.05) is 7.11 Å². The van der Waals surface area contributed by atoms with Crippen LogP contribution in [0.5, 0.6) is 0 Å². The van der Waals surface area contributed by atoms with Crippen LogP contribution >= 0.6 is 0 Å². The van der Waals surface area contributed by atoms with Gasteiger partial charge in [0.05, 0.1) is 0 Å². The number of aliphatic hydroxyl groups excluding tert-OH is 1. The Kier molecular flexibility index (Phi) is 0.523. The molecule has 4 unspecified atom stereocenters. The topological polar surface area (TPSA) is 20.2 Å². The second kappa shape index (κ2) is 1.20. The molecule has 10 heterocycles. The summed E-state index contributed by atoms with van der Waals surface area (Å²) < 4.78 is 1.57. The molecule has 1 spiro atoms. The molecule has 0 aromatic heterocycles. The van der Waals surface area contributed by atoms with Gasteiger partial charge in [0.15, 0.2) is 0 Å². The number of benzene rings is 2. The first-order valence-corrected chi connectivity index (χ1v) is 16.1. The average Bonchev–Trinajstić information content (AvgIpc) is 3.64. The molecule has 1 nitrogen and oxygen atoms in total. The fourth-order valence-corrected chi connectivity index (χ4v) is 95.8. The third-order valence-electron chi connectivity index (χ3n) is 17.3. The predicted molar refractivity (Wildman–Crippen MR) is 94.4 cm³/mol. The van der Waals surface area contributed by atoms with Gasteiger partial charge in [0.25, 0.3) is 0 Å². The van der Waals surface area contributed by atoms with Crippen LogP contribution in [0.25, 0.3) is 0 Å². The molecular weight excluding hydrogens is 348 g/mol. The zero-order valence-electron chi connectivity index (χ0n) is 14.2. The van der Waals surface area contributed by atoms with Crippen LogP contribution in [0.3, 0.4) is 0 Å². The third-order valence-corrected chi connectivity index (χ3v) is 60.1. The Bertz CT molecular complexity index is 1330. The quantitative estimate of drug-likeness (QED) is 0.721. The zero-order valence-corrected chi connectivity index (χ0v) is 15.3. The molecule has 25 heavy (non-hydrogen) atoms. The summed E-state index contributed by atoms with van der Waals surface area (Å²) in [5.74, 6) is 0. The third kappa shape index (κ3) is 0.156.